The molecular weight excluding hydrogens is 323 g/mol. The molecule has 0 aliphatic carbocycles. The molecule has 1 aromatic carbocycles. The van der Waals surface area contributed by atoms with E-state index in [9.17, 15) is 4.39 Å². The molecular formula is C15H18BrFN2O. The predicted molar refractivity (Wildman–Crippen MR) is 80.8 cm³/mol. The maximum absolute atomic E-state index is 13.6. The van der Waals surface area contributed by atoms with Gasteiger partial charge in [0.25, 0.3) is 0 Å². The summed E-state index contributed by atoms with van der Waals surface area (Å²) in [6.07, 6.45) is 0.579. The van der Waals surface area contributed by atoms with E-state index in [1.54, 1.807) is 6.07 Å². The first-order valence-corrected chi connectivity index (χ1v) is 7.20. The predicted octanol–water partition coefficient (Wildman–Crippen LogP) is 3.85. The van der Waals surface area contributed by atoms with Gasteiger partial charge in [-0.05, 0) is 60.3 Å². The standard InChI is InChI=1S/C15H18BrFN2O/c1-8-9(2)20-10(3)14(8)13(19-18)7-11-5-4-6-12(17)15(11)16/h4-6,13,19H,7,18H2,1-3H3. The molecule has 2 rings (SSSR count). The molecule has 0 radical (unpaired) electrons. The summed E-state index contributed by atoms with van der Waals surface area (Å²) in [5.74, 6) is 7.15. The van der Waals surface area contributed by atoms with E-state index in [1.165, 1.54) is 6.07 Å². The first kappa shape index (κ1) is 15.2. The third kappa shape index (κ3) is 2.80. The summed E-state index contributed by atoms with van der Waals surface area (Å²) in [6.45, 7) is 5.85. The second-order valence-electron chi connectivity index (χ2n) is 4.89. The van der Waals surface area contributed by atoms with E-state index in [1.807, 2.05) is 26.8 Å². The Morgan fingerprint density at radius 3 is 2.55 bits per heavy atom. The second-order valence-corrected chi connectivity index (χ2v) is 5.68. The average molecular weight is 341 g/mol. The van der Waals surface area contributed by atoms with Crippen molar-refractivity contribution in [3.63, 3.8) is 0 Å². The second kappa shape index (κ2) is 6.08. The molecule has 20 heavy (non-hydrogen) atoms. The number of hydrazine groups is 1. The third-order valence-electron chi connectivity index (χ3n) is 3.62. The summed E-state index contributed by atoms with van der Waals surface area (Å²) in [7, 11) is 0. The summed E-state index contributed by atoms with van der Waals surface area (Å²) in [5.41, 5.74) is 5.80. The van der Waals surface area contributed by atoms with Crippen molar-refractivity contribution in [2.75, 3.05) is 0 Å². The molecule has 5 heteroatoms. The third-order valence-corrected chi connectivity index (χ3v) is 4.51. The highest BCUT2D eigenvalue weighted by Crippen LogP contribution is 2.31. The zero-order valence-electron chi connectivity index (χ0n) is 11.8. The summed E-state index contributed by atoms with van der Waals surface area (Å²) in [5, 5.41) is 0. The lowest BCUT2D eigenvalue weighted by Gasteiger charge is -2.17. The fraction of sp³-hybridized carbons (Fsp3) is 0.333. The summed E-state index contributed by atoms with van der Waals surface area (Å²) >= 11 is 3.29. The van der Waals surface area contributed by atoms with Crippen molar-refractivity contribution in [3.05, 3.63) is 56.7 Å². The van der Waals surface area contributed by atoms with Gasteiger partial charge >= 0.3 is 0 Å². The molecule has 0 bridgehead atoms. The van der Waals surface area contributed by atoms with Gasteiger partial charge in [0.1, 0.15) is 17.3 Å². The van der Waals surface area contributed by atoms with Crippen molar-refractivity contribution < 1.29 is 8.81 Å². The number of hydrogen-bond acceptors (Lipinski definition) is 3. The van der Waals surface area contributed by atoms with Crippen LogP contribution in [0.15, 0.2) is 27.1 Å². The van der Waals surface area contributed by atoms with Gasteiger partial charge in [-0.3, -0.25) is 11.3 Å². The van der Waals surface area contributed by atoms with E-state index in [4.69, 9.17) is 10.3 Å². The van der Waals surface area contributed by atoms with Crippen molar-refractivity contribution in [2.45, 2.75) is 33.2 Å². The molecule has 0 saturated heterocycles. The first-order valence-electron chi connectivity index (χ1n) is 6.41. The Balaban J connectivity index is 2.36. The normalized spacial score (nSPS) is 12.7. The molecule has 0 spiro atoms. The van der Waals surface area contributed by atoms with Gasteiger partial charge in [0.2, 0.25) is 0 Å². The number of hydrogen-bond donors (Lipinski definition) is 2. The fourth-order valence-corrected chi connectivity index (χ4v) is 2.92. The molecule has 0 aliphatic heterocycles. The molecule has 1 heterocycles. The molecule has 0 fully saturated rings. The Morgan fingerprint density at radius 1 is 1.30 bits per heavy atom. The zero-order chi connectivity index (χ0) is 14.9. The number of nitrogens with two attached hydrogens (primary N) is 1. The van der Waals surface area contributed by atoms with Crippen LogP contribution < -0.4 is 11.3 Å². The van der Waals surface area contributed by atoms with Gasteiger partial charge in [-0.1, -0.05) is 12.1 Å². The number of halogens is 2. The van der Waals surface area contributed by atoms with Crippen LogP contribution in [0.1, 0.15) is 34.3 Å². The van der Waals surface area contributed by atoms with Crippen LogP contribution in [-0.4, -0.2) is 0 Å². The quantitative estimate of drug-likeness (QED) is 0.656. The minimum atomic E-state index is -0.268. The Labute approximate surface area is 126 Å². The molecule has 0 saturated carbocycles. The molecule has 3 nitrogen and oxygen atoms in total. The molecule has 0 aliphatic rings. The minimum absolute atomic E-state index is 0.120. The zero-order valence-corrected chi connectivity index (χ0v) is 13.3. The Kier molecular flexibility index (Phi) is 4.62. The number of benzene rings is 1. The lowest BCUT2D eigenvalue weighted by molar-refractivity contribution is 0.484. The lowest BCUT2D eigenvalue weighted by atomic mass is 9.96. The summed E-state index contributed by atoms with van der Waals surface area (Å²) in [6, 6.07) is 4.89. The topological polar surface area (TPSA) is 51.2 Å². The smallest absolute Gasteiger partial charge is 0.137 e. The molecule has 0 amide bonds. The molecule has 3 N–H and O–H groups in total. The maximum atomic E-state index is 13.6. The van der Waals surface area contributed by atoms with E-state index in [2.05, 4.69) is 21.4 Å². The van der Waals surface area contributed by atoms with Crippen molar-refractivity contribution in [1.29, 1.82) is 0 Å². The minimum Gasteiger partial charge on any atom is -0.466 e. The molecule has 1 atom stereocenters. The Hall–Kier alpha value is -1.17. The van der Waals surface area contributed by atoms with Crippen LogP contribution in [0.4, 0.5) is 4.39 Å². The van der Waals surface area contributed by atoms with Gasteiger partial charge < -0.3 is 4.42 Å². The summed E-state index contributed by atoms with van der Waals surface area (Å²) in [4.78, 5) is 0. The summed E-state index contributed by atoms with van der Waals surface area (Å²) < 4.78 is 19.7. The van der Waals surface area contributed by atoms with Crippen LogP contribution in [0.3, 0.4) is 0 Å². The lowest BCUT2D eigenvalue weighted by Crippen LogP contribution is -2.30. The van der Waals surface area contributed by atoms with Gasteiger partial charge in [0.05, 0.1) is 10.5 Å². The Bertz CT molecular complexity index is 625. The molecule has 1 unspecified atom stereocenters. The fourth-order valence-electron chi connectivity index (χ4n) is 2.49. The van der Waals surface area contributed by atoms with Crippen molar-refractivity contribution >= 4 is 15.9 Å². The van der Waals surface area contributed by atoms with Gasteiger partial charge in [-0.25, -0.2) is 4.39 Å². The molecule has 1 aromatic heterocycles. The van der Waals surface area contributed by atoms with E-state index < -0.39 is 0 Å². The van der Waals surface area contributed by atoms with Crippen LogP contribution in [0.25, 0.3) is 0 Å². The van der Waals surface area contributed by atoms with Crippen molar-refractivity contribution in [1.82, 2.24) is 5.43 Å². The highest BCUT2D eigenvalue weighted by molar-refractivity contribution is 9.10. The van der Waals surface area contributed by atoms with E-state index >= 15 is 0 Å². The van der Waals surface area contributed by atoms with Crippen LogP contribution in [-0.2, 0) is 6.42 Å². The maximum Gasteiger partial charge on any atom is 0.137 e. The molecule has 108 valence electrons. The highest BCUT2D eigenvalue weighted by Gasteiger charge is 2.21. The SMILES string of the molecule is Cc1oc(C)c(C(Cc2cccc(F)c2Br)NN)c1C. The van der Waals surface area contributed by atoms with Crippen molar-refractivity contribution in [3.8, 4) is 0 Å². The van der Waals surface area contributed by atoms with Crippen LogP contribution in [0.2, 0.25) is 0 Å². The van der Waals surface area contributed by atoms with Crippen LogP contribution in [0, 0.1) is 26.6 Å². The van der Waals surface area contributed by atoms with Gasteiger partial charge in [0, 0.05) is 5.56 Å². The van der Waals surface area contributed by atoms with E-state index in [0.29, 0.717) is 10.9 Å². The van der Waals surface area contributed by atoms with Gasteiger partial charge in [-0.2, -0.15) is 0 Å². The average Bonchev–Trinajstić information content (AvgIpc) is 2.66. The van der Waals surface area contributed by atoms with Crippen molar-refractivity contribution in [2.24, 2.45) is 5.84 Å². The highest BCUT2D eigenvalue weighted by atomic mass is 79.9. The molecule has 2 aromatic rings. The van der Waals surface area contributed by atoms with Crippen LogP contribution >= 0.6 is 15.9 Å². The van der Waals surface area contributed by atoms with Crippen LogP contribution in [0.5, 0.6) is 0 Å². The van der Waals surface area contributed by atoms with E-state index in [-0.39, 0.29) is 11.9 Å². The monoisotopic (exact) mass is 340 g/mol. The number of furan rings is 1. The van der Waals surface area contributed by atoms with Gasteiger partial charge in [0.15, 0.2) is 0 Å². The van der Waals surface area contributed by atoms with E-state index in [0.717, 1.165) is 28.2 Å². The number of rotatable bonds is 4. The Morgan fingerprint density at radius 2 is 2.00 bits per heavy atom. The number of nitrogens with one attached hydrogen (secondary N) is 1. The van der Waals surface area contributed by atoms with Gasteiger partial charge in [-0.15, -0.1) is 0 Å². The number of aryl methyl sites for hydroxylation is 2. The first-order chi connectivity index (χ1) is 9.45. The largest absolute Gasteiger partial charge is 0.466 e.